The van der Waals surface area contributed by atoms with Crippen molar-refractivity contribution in [1.82, 2.24) is 18.8 Å². The predicted molar refractivity (Wildman–Crippen MR) is 107 cm³/mol. The van der Waals surface area contributed by atoms with Gasteiger partial charge in [0.1, 0.15) is 11.3 Å². The van der Waals surface area contributed by atoms with Gasteiger partial charge >= 0.3 is 0 Å². The minimum atomic E-state index is -3.56. The Balaban J connectivity index is 1.63. The molecule has 1 saturated heterocycles. The normalized spacial score (nSPS) is 18.1. The summed E-state index contributed by atoms with van der Waals surface area (Å²) in [6.45, 7) is 2.01. The molecule has 1 unspecified atom stereocenters. The standard InChI is InChI=1S/C19H21ClN4O3S/c1-27-12-11-24-18(22-17-3-2-9-21-19(17)24)14-8-10-23(13-14)28(25,26)16-6-4-15(20)5-7-16/h2-7,9,14H,8,10-13H2,1H3. The van der Waals surface area contributed by atoms with Gasteiger partial charge in [0.15, 0.2) is 5.65 Å². The number of hydrogen-bond donors (Lipinski definition) is 0. The average molecular weight is 421 g/mol. The first kappa shape index (κ1) is 19.3. The van der Waals surface area contributed by atoms with Crippen LogP contribution in [0.1, 0.15) is 18.2 Å². The van der Waals surface area contributed by atoms with Crippen molar-refractivity contribution in [3.63, 3.8) is 0 Å². The van der Waals surface area contributed by atoms with E-state index in [1.807, 2.05) is 16.7 Å². The van der Waals surface area contributed by atoms with Crippen LogP contribution < -0.4 is 0 Å². The second-order valence-electron chi connectivity index (χ2n) is 6.76. The Morgan fingerprint density at radius 1 is 1.25 bits per heavy atom. The molecule has 3 heterocycles. The topological polar surface area (TPSA) is 77.3 Å². The van der Waals surface area contributed by atoms with Crippen molar-refractivity contribution >= 4 is 32.8 Å². The summed E-state index contributed by atoms with van der Waals surface area (Å²) in [6, 6.07) is 10.1. The van der Waals surface area contributed by atoms with E-state index in [0.29, 0.717) is 37.7 Å². The zero-order chi connectivity index (χ0) is 19.7. The molecule has 0 aliphatic carbocycles. The fourth-order valence-corrected chi connectivity index (χ4v) is 5.23. The Kier molecular flexibility index (Phi) is 5.37. The van der Waals surface area contributed by atoms with E-state index >= 15 is 0 Å². The van der Waals surface area contributed by atoms with Gasteiger partial charge in [0, 0.05) is 43.9 Å². The third kappa shape index (κ3) is 3.53. The highest BCUT2D eigenvalue weighted by atomic mass is 35.5. The second kappa shape index (κ2) is 7.79. The maximum Gasteiger partial charge on any atom is 0.243 e. The Morgan fingerprint density at radius 2 is 2.04 bits per heavy atom. The SMILES string of the molecule is COCCn1c(C2CCN(S(=O)(=O)c3ccc(Cl)cc3)C2)nc2cccnc21. The molecule has 148 valence electrons. The number of nitrogens with zero attached hydrogens (tertiary/aromatic N) is 4. The highest BCUT2D eigenvalue weighted by Crippen LogP contribution is 2.32. The predicted octanol–water partition coefficient (Wildman–Crippen LogP) is 2.91. The number of rotatable bonds is 6. The van der Waals surface area contributed by atoms with Gasteiger partial charge in [-0.25, -0.2) is 18.4 Å². The van der Waals surface area contributed by atoms with E-state index < -0.39 is 10.0 Å². The molecule has 4 rings (SSSR count). The van der Waals surface area contributed by atoms with Gasteiger partial charge in [-0.1, -0.05) is 11.6 Å². The van der Waals surface area contributed by atoms with Gasteiger partial charge in [-0.3, -0.25) is 0 Å². The van der Waals surface area contributed by atoms with E-state index in [1.54, 1.807) is 37.6 Å². The first-order chi connectivity index (χ1) is 13.5. The van der Waals surface area contributed by atoms with Crippen LogP contribution in [0.4, 0.5) is 0 Å². The summed E-state index contributed by atoms with van der Waals surface area (Å²) in [6.07, 6.45) is 2.45. The summed E-state index contributed by atoms with van der Waals surface area (Å²) in [4.78, 5) is 9.46. The summed E-state index contributed by atoms with van der Waals surface area (Å²) in [5.74, 6) is 0.868. The fourth-order valence-electron chi connectivity index (χ4n) is 3.60. The molecule has 0 bridgehead atoms. The lowest BCUT2D eigenvalue weighted by atomic mass is 10.1. The molecule has 1 atom stereocenters. The quantitative estimate of drug-likeness (QED) is 0.612. The Hall–Kier alpha value is -2.00. The first-order valence-electron chi connectivity index (χ1n) is 9.06. The Morgan fingerprint density at radius 3 is 2.79 bits per heavy atom. The average Bonchev–Trinajstić information content (AvgIpc) is 3.32. The van der Waals surface area contributed by atoms with Crippen LogP contribution in [0.25, 0.3) is 11.2 Å². The van der Waals surface area contributed by atoms with Crippen molar-refractivity contribution < 1.29 is 13.2 Å². The molecule has 0 saturated carbocycles. The fraction of sp³-hybridized carbons (Fsp3) is 0.368. The van der Waals surface area contributed by atoms with Crippen molar-refractivity contribution in [3.8, 4) is 0 Å². The van der Waals surface area contributed by atoms with Crippen LogP contribution in [0.3, 0.4) is 0 Å². The highest BCUT2D eigenvalue weighted by molar-refractivity contribution is 7.89. The minimum Gasteiger partial charge on any atom is -0.383 e. The molecule has 0 radical (unpaired) electrons. The van der Waals surface area contributed by atoms with E-state index in [4.69, 9.17) is 21.3 Å². The number of sulfonamides is 1. The van der Waals surface area contributed by atoms with Crippen LogP contribution in [0.5, 0.6) is 0 Å². The van der Waals surface area contributed by atoms with Crippen molar-refractivity contribution in [2.24, 2.45) is 0 Å². The van der Waals surface area contributed by atoms with Crippen LogP contribution in [0, 0.1) is 0 Å². The maximum absolute atomic E-state index is 13.0. The van der Waals surface area contributed by atoms with Crippen molar-refractivity contribution in [1.29, 1.82) is 0 Å². The van der Waals surface area contributed by atoms with E-state index in [-0.39, 0.29) is 10.8 Å². The van der Waals surface area contributed by atoms with E-state index in [0.717, 1.165) is 17.0 Å². The molecule has 0 spiro atoms. The molecule has 28 heavy (non-hydrogen) atoms. The number of imidazole rings is 1. The molecule has 1 aliphatic heterocycles. The van der Waals surface area contributed by atoms with Gasteiger partial charge in [0.2, 0.25) is 10.0 Å². The number of fused-ring (bicyclic) bond motifs is 1. The number of ether oxygens (including phenoxy) is 1. The molecule has 1 aromatic carbocycles. The summed E-state index contributed by atoms with van der Waals surface area (Å²) < 4.78 is 34.7. The Bertz CT molecular complexity index is 1080. The van der Waals surface area contributed by atoms with Crippen LogP contribution in [-0.4, -0.2) is 54.1 Å². The molecule has 0 N–H and O–H groups in total. The first-order valence-corrected chi connectivity index (χ1v) is 10.9. The highest BCUT2D eigenvalue weighted by Gasteiger charge is 2.35. The third-order valence-electron chi connectivity index (χ3n) is 5.02. The number of halogens is 1. The zero-order valence-electron chi connectivity index (χ0n) is 15.5. The Labute approximate surface area is 169 Å². The molecular formula is C19H21ClN4O3S. The van der Waals surface area contributed by atoms with Crippen LogP contribution >= 0.6 is 11.6 Å². The largest absolute Gasteiger partial charge is 0.383 e. The lowest BCUT2D eigenvalue weighted by Crippen LogP contribution is -2.29. The van der Waals surface area contributed by atoms with Crippen molar-refractivity contribution in [3.05, 3.63) is 53.4 Å². The number of pyridine rings is 1. The molecule has 9 heteroatoms. The molecule has 3 aromatic rings. The van der Waals surface area contributed by atoms with Gasteiger partial charge in [0.25, 0.3) is 0 Å². The summed E-state index contributed by atoms with van der Waals surface area (Å²) in [7, 11) is -1.90. The number of benzene rings is 1. The van der Waals surface area contributed by atoms with Gasteiger partial charge in [0.05, 0.1) is 11.5 Å². The van der Waals surface area contributed by atoms with Crippen molar-refractivity contribution in [2.45, 2.75) is 23.8 Å². The lowest BCUT2D eigenvalue weighted by molar-refractivity contribution is 0.187. The molecule has 1 aliphatic rings. The smallest absolute Gasteiger partial charge is 0.243 e. The van der Waals surface area contributed by atoms with Crippen LogP contribution in [0.15, 0.2) is 47.5 Å². The lowest BCUT2D eigenvalue weighted by Gasteiger charge is -2.17. The number of hydrogen-bond acceptors (Lipinski definition) is 5. The van der Waals surface area contributed by atoms with Crippen molar-refractivity contribution in [2.75, 3.05) is 26.8 Å². The zero-order valence-corrected chi connectivity index (χ0v) is 17.0. The van der Waals surface area contributed by atoms with E-state index in [9.17, 15) is 8.42 Å². The molecular weight excluding hydrogens is 400 g/mol. The number of aromatic nitrogens is 3. The monoisotopic (exact) mass is 420 g/mol. The van der Waals surface area contributed by atoms with Gasteiger partial charge in [-0.15, -0.1) is 0 Å². The van der Waals surface area contributed by atoms with Gasteiger partial charge < -0.3 is 9.30 Å². The summed E-state index contributed by atoms with van der Waals surface area (Å²) in [5, 5.41) is 0.512. The van der Waals surface area contributed by atoms with Crippen LogP contribution in [0.2, 0.25) is 5.02 Å². The van der Waals surface area contributed by atoms with Crippen LogP contribution in [-0.2, 0) is 21.3 Å². The maximum atomic E-state index is 13.0. The third-order valence-corrected chi connectivity index (χ3v) is 7.15. The van der Waals surface area contributed by atoms with E-state index in [2.05, 4.69) is 4.98 Å². The number of methoxy groups -OCH3 is 1. The molecule has 7 nitrogen and oxygen atoms in total. The molecule has 0 amide bonds. The van der Waals surface area contributed by atoms with E-state index in [1.165, 1.54) is 4.31 Å². The van der Waals surface area contributed by atoms with Gasteiger partial charge in [-0.2, -0.15) is 4.31 Å². The summed E-state index contributed by atoms with van der Waals surface area (Å²) >= 11 is 5.89. The second-order valence-corrected chi connectivity index (χ2v) is 9.14. The molecule has 1 fully saturated rings. The minimum absolute atomic E-state index is 0.00753. The van der Waals surface area contributed by atoms with Gasteiger partial charge in [-0.05, 0) is 42.8 Å². The molecule has 2 aromatic heterocycles. The summed E-state index contributed by atoms with van der Waals surface area (Å²) in [5.41, 5.74) is 1.61.